The zero-order valence-corrected chi connectivity index (χ0v) is 12.0. The number of hydrogen-bond donors (Lipinski definition) is 0. The molecule has 0 N–H and O–H groups in total. The Balaban J connectivity index is 2.31. The average Bonchev–Trinajstić information content (AvgIpc) is 2.73. The molecule has 0 aliphatic heterocycles. The van der Waals surface area contributed by atoms with E-state index in [2.05, 4.69) is 25.8 Å². The van der Waals surface area contributed by atoms with Gasteiger partial charge in [0.25, 0.3) is 0 Å². The van der Waals surface area contributed by atoms with Crippen LogP contribution in [-0.4, -0.2) is 17.9 Å². The number of carbonyl (C=O) groups is 1. The second kappa shape index (κ2) is 4.69. The molecule has 18 heavy (non-hydrogen) atoms. The fraction of sp³-hybridized carbons (Fsp3) is 0.429. The summed E-state index contributed by atoms with van der Waals surface area (Å²) in [6.07, 6.45) is 2.28. The van der Waals surface area contributed by atoms with E-state index in [0.717, 1.165) is 15.9 Å². The van der Waals surface area contributed by atoms with Crippen molar-refractivity contribution in [2.24, 2.45) is 5.41 Å². The SMILES string of the molecule is CN(C(=O)CC(C)(C)C)c1nccc2sccc12. The Bertz CT molecular complexity index is 568. The highest BCUT2D eigenvalue weighted by Crippen LogP contribution is 2.29. The van der Waals surface area contributed by atoms with Crippen LogP contribution < -0.4 is 4.90 Å². The first-order valence-electron chi connectivity index (χ1n) is 5.97. The lowest BCUT2D eigenvalue weighted by Crippen LogP contribution is -2.30. The molecule has 3 nitrogen and oxygen atoms in total. The maximum absolute atomic E-state index is 12.2. The van der Waals surface area contributed by atoms with E-state index in [1.165, 1.54) is 0 Å². The summed E-state index contributed by atoms with van der Waals surface area (Å²) in [5.74, 6) is 0.858. The quantitative estimate of drug-likeness (QED) is 0.827. The molecule has 2 rings (SSSR count). The largest absolute Gasteiger partial charge is 0.299 e. The van der Waals surface area contributed by atoms with Crippen molar-refractivity contribution in [3.8, 4) is 0 Å². The monoisotopic (exact) mass is 262 g/mol. The fourth-order valence-electron chi connectivity index (χ4n) is 1.84. The summed E-state index contributed by atoms with van der Waals surface area (Å²) in [4.78, 5) is 18.2. The van der Waals surface area contributed by atoms with Crippen LogP contribution in [0.5, 0.6) is 0 Å². The summed E-state index contributed by atoms with van der Waals surface area (Å²) in [6, 6.07) is 3.99. The summed E-state index contributed by atoms with van der Waals surface area (Å²) in [6.45, 7) is 6.20. The molecule has 1 amide bonds. The van der Waals surface area contributed by atoms with Crippen LogP contribution in [0, 0.1) is 5.41 Å². The summed E-state index contributed by atoms with van der Waals surface area (Å²) < 4.78 is 1.16. The Hall–Kier alpha value is -1.42. The maximum Gasteiger partial charge on any atom is 0.228 e. The lowest BCUT2D eigenvalue weighted by Gasteiger charge is -2.23. The molecule has 0 radical (unpaired) electrons. The molecule has 0 spiro atoms. The molecular weight excluding hydrogens is 244 g/mol. The minimum absolute atomic E-state index is 0.00607. The lowest BCUT2D eigenvalue weighted by molar-refractivity contribution is -0.120. The average molecular weight is 262 g/mol. The van der Waals surface area contributed by atoms with Crippen LogP contribution in [0.2, 0.25) is 0 Å². The molecule has 2 aromatic heterocycles. The number of aromatic nitrogens is 1. The molecule has 0 saturated carbocycles. The highest BCUT2D eigenvalue weighted by Gasteiger charge is 2.21. The van der Waals surface area contributed by atoms with Gasteiger partial charge in [0.2, 0.25) is 5.91 Å². The topological polar surface area (TPSA) is 33.2 Å². The number of nitrogens with zero attached hydrogens (tertiary/aromatic N) is 2. The third-order valence-electron chi connectivity index (χ3n) is 2.73. The Labute approximate surface area is 111 Å². The lowest BCUT2D eigenvalue weighted by atomic mass is 9.91. The molecule has 4 heteroatoms. The molecular formula is C14H18N2OS. The van der Waals surface area contributed by atoms with Crippen molar-refractivity contribution in [2.75, 3.05) is 11.9 Å². The minimum Gasteiger partial charge on any atom is -0.299 e. The van der Waals surface area contributed by atoms with Crippen molar-refractivity contribution in [1.82, 2.24) is 4.98 Å². The molecule has 0 atom stereocenters. The number of rotatable bonds is 2. The predicted molar refractivity (Wildman–Crippen MR) is 77.1 cm³/mol. The van der Waals surface area contributed by atoms with Crippen molar-refractivity contribution >= 4 is 33.1 Å². The third kappa shape index (κ3) is 2.70. The van der Waals surface area contributed by atoms with E-state index in [1.54, 1.807) is 29.5 Å². The first-order valence-corrected chi connectivity index (χ1v) is 6.85. The molecule has 0 aliphatic carbocycles. The van der Waals surface area contributed by atoms with Gasteiger partial charge in [0.15, 0.2) is 0 Å². The van der Waals surface area contributed by atoms with Gasteiger partial charge in [-0.1, -0.05) is 20.8 Å². The first-order chi connectivity index (χ1) is 8.38. The van der Waals surface area contributed by atoms with E-state index in [0.29, 0.717) is 6.42 Å². The van der Waals surface area contributed by atoms with Crippen LogP contribution in [0.15, 0.2) is 23.7 Å². The number of thiophene rings is 1. The number of carbonyl (C=O) groups excluding carboxylic acids is 1. The van der Waals surface area contributed by atoms with Gasteiger partial charge in [-0.15, -0.1) is 11.3 Å². The van der Waals surface area contributed by atoms with Crippen LogP contribution in [0.3, 0.4) is 0 Å². The number of anilines is 1. The summed E-state index contributed by atoms with van der Waals surface area (Å²) in [5.41, 5.74) is -0.00607. The second-order valence-corrected chi connectivity index (χ2v) is 6.60. The molecule has 0 bridgehead atoms. The van der Waals surface area contributed by atoms with Gasteiger partial charge in [-0.05, 0) is 22.9 Å². The van der Waals surface area contributed by atoms with Gasteiger partial charge >= 0.3 is 0 Å². The minimum atomic E-state index is -0.00607. The normalized spacial score (nSPS) is 11.8. The van der Waals surface area contributed by atoms with Gasteiger partial charge in [0.05, 0.1) is 0 Å². The van der Waals surface area contributed by atoms with Crippen molar-refractivity contribution in [3.05, 3.63) is 23.7 Å². The standard InChI is InChI=1S/C14H18N2OS/c1-14(2,3)9-12(17)16(4)13-10-6-8-18-11(10)5-7-15-13/h5-8H,9H2,1-4H3. The van der Waals surface area contributed by atoms with Crippen LogP contribution in [-0.2, 0) is 4.79 Å². The smallest absolute Gasteiger partial charge is 0.228 e. The molecule has 0 aromatic carbocycles. The molecule has 0 unspecified atom stereocenters. The van der Waals surface area contributed by atoms with Crippen molar-refractivity contribution in [3.63, 3.8) is 0 Å². The molecule has 96 valence electrons. The Morgan fingerprint density at radius 2 is 2.11 bits per heavy atom. The van der Waals surface area contributed by atoms with Gasteiger partial charge in [-0.25, -0.2) is 4.98 Å². The van der Waals surface area contributed by atoms with Crippen molar-refractivity contribution < 1.29 is 4.79 Å². The summed E-state index contributed by atoms with van der Waals surface area (Å²) in [5, 5.41) is 3.07. The predicted octanol–water partition coefficient (Wildman–Crippen LogP) is 3.70. The zero-order valence-electron chi connectivity index (χ0n) is 11.2. The molecule has 0 aliphatic rings. The highest BCUT2D eigenvalue weighted by molar-refractivity contribution is 7.17. The van der Waals surface area contributed by atoms with Gasteiger partial charge in [-0.2, -0.15) is 0 Å². The third-order valence-corrected chi connectivity index (χ3v) is 3.61. The summed E-state index contributed by atoms with van der Waals surface area (Å²) in [7, 11) is 1.80. The van der Waals surface area contributed by atoms with Crippen LogP contribution in [0.1, 0.15) is 27.2 Å². The van der Waals surface area contributed by atoms with E-state index < -0.39 is 0 Å². The number of hydrogen-bond acceptors (Lipinski definition) is 3. The Kier molecular flexibility index (Phi) is 3.39. The van der Waals surface area contributed by atoms with E-state index >= 15 is 0 Å². The van der Waals surface area contributed by atoms with E-state index in [4.69, 9.17) is 0 Å². The van der Waals surface area contributed by atoms with Gasteiger partial charge in [-0.3, -0.25) is 9.69 Å². The second-order valence-electron chi connectivity index (χ2n) is 5.66. The van der Waals surface area contributed by atoms with Gasteiger partial charge in [0, 0.05) is 29.8 Å². The van der Waals surface area contributed by atoms with Crippen LogP contribution in [0.25, 0.3) is 10.1 Å². The van der Waals surface area contributed by atoms with E-state index in [9.17, 15) is 4.79 Å². The molecule has 2 aromatic rings. The van der Waals surface area contributed by atoms with Gasteiger partial charge < -0.3 is 0 Å². The Morgan fingerprint density at radius 3 is 2.78 bits per heavy atom. The number of amides is 1. The van der Waals surface area contributed by atoms with Crippen molar-refractivity contribution in [2.45, 2.75) is 27.2 Å². The van der Waals surface area contributed by atoms with Crippen molar-refractivity contribution in [1.29, 1.82) is 0 Å². The summed E-state index contributed by atoms with van der Waals surface area (Å²) >= 11 is 1.67. The molecule has 0 saturated heterocycles. The molecule has 0 fully saturated rings. The zero-order chi connectivity index (χ0) is 13.3. The maximum atomic E-state index is 12.2. The van der Waals surface area contributed by atoms with Crippen LogP contribution in [0.4, 0.5) is 5.82 Å². The van der Waals surface area contributed by atoms with Gasteiger partial charge in [0.1, 0.15) is 5.82 Å². The molecule has 2 heterocycles. The Morgan fingerprint density at radius 1 is 1.39 bits per heavy atom. The number of fused-ring (bicyclic) bond motifs is 1. The van der Waals surface area contributed by atoms with E-state index in [-0.39, 0.29) is 11.3 Å². The fourth-order valence-corrected chi connectivity index (χ4v) is 2.61. The highest BCUT2D eigenvalue weighted by atomic mass is 32.1. The van der Waals surface area contributed by atoms with Crippen LogP contribution >= 0.6 is 11.3 Å². The first kappa shape index (κ1) is 13.0. The van der Waals surface area contributed by atoms with E-state index in [1.807, 2.05) is 17.5 Å². The number of pyridine rings is 1.